The van der Waals surface area contributed by atoms with Crippen molar-refractivity contribution < 1.29 is 14.3 Å². The van der Waals surface area contributed by atoms with Crippen LogP contribution in [-0.4, -0.2) is 18.0 Å². The Kier molecular flexibility index (Phi) is 6.05. The summed E-state index contributed by atoms with van der Waals surface area (Å²) in [6.07, 6.45) is 1.71. The van der Waals surface area contributed by atoms with Crippen LogP contribution in [0.25, 0.3) is 0 Å². The summed E-state index contributed by atoms with van der Waals surface area (Å²) in [5.74, 6) is 0.917. The zero-order valence-corrected chi connectivity index (χ0v) is 15.4. The molecular weight excluding hydrogens is 340 g/mol. The van der Waals surface area contributed by atoms with E-state index < -0.39 is 0 Å². The number of nitrogens with one attached hydrogen (secondary N) is 1. The largest absolute Gasteiger partial charge is 0.493 e. The molecule has 1 amide bonds. The highest BCUT2D eigenvalue weighted by molar-refractivity contribution is 5.95. The maximum Gasteiger partial charge on any atom is 0.251 e. The van der Waals surface area contributed by atoms with Crippen LogP contribution in [-0.2, 0) is 6.61 Å². The summed E-state index contributed by atoms with van der Waals surface area (Å²) in [6, 6.07) is 20.5. The van der Waals surface area contributed by atoms with Crippen LogP contribution in [0.5, 0.6) is 11.5 Å². The molecule has 0 aliphatic rings. The second-order valence-electron chi connectivity index (χ2n) is 6.09. The van der Waals surface area contributed by atoms with E-state index >= 15 is 0 Å². The van der Waals surface area contributed by atoms with E-state index in [1.54, 1.807) is 31.5 Å². The first-order valence-corrected chi connectivity index (χ1v) is 8.74. The summed E-state index contributed by atoms with van der Waals surface area (Å²) >= 11 is 0. The van der Waals surface area contributed by atoms with E-state index in [-0.39, 0.29) is 11.9 Å². The van der Waals surface area contributed by atoms with Gasteiger partial charge in [0, 0.05) is 11.8 Å². The summed E-state index contributed by atoms with van der Waals surface area (Å²) in [5.41, 5.74) is 2.37. The van der Waals surface area contributed by atoms with Crippen molar-refractivity contribution in [1.29, 1.82) is 0 Å². The lowest BCUT2D eigenvalue weighted by atomic mass is 10.1. The van der Waals surface area contributed by atoms with Crippen LogP contribution in [0, 0.1) is 0 Å². The predicted octanol–water partition coefficient (Wildman–Crippen LogP) is 4.16. The minimum atomic E-state index is -0.196. The van der Waals surface area contributed by atoms with Crippen molar-refractivity contribution in [3.05, 3.63) is 89.7 Å². The van der Waals surface area contributed by atoms with Crippen molar-refractivity contribution >= 4 is 5.91 Å². The molecule has 1 heterocycles. The molecule has 3 aromatic rings. The van der Waals surface area contributed by atoms with Gasteiger partial charge in [0.05, 0.1) is 18.8 Å². The first-order chi connectivity index (χ1) is 13.2. The van der Waals surface area contributed by atoms with Crippen LogP contribution in [0.2, 0.25) is 0 Å². The maximum atomic E-state index is 12.6. The Morgan fingerprint density at radius 2 is 1.81 bits per heavy atom. The van der Waals surface area contributed by atoms with Crippen molar-refractivity contribution in [2.75, 3.05) is 7.11 Å². The third-order valence-electron chi connectivity index (χ3n) is 4.14. The zero-order chi connectivity index (χ0) is 19.1. The van der Waals surface area contributed by atoms with Crippen LogP contribution >= 0.6 is 0 Å². The van der Waals surface area contributed by atoms with Gasteiger partial charge < -0.3 is 14.8 Å². The molecule has 27 heavy (non-hydrogen) atoms. The molecule has 1 N–H and O–H groups in total. The number of hydrogen-bond acceptors (Lipinski definition) is 4. The average molecular weight is 362 g/mol. The Hall–Kier alpha value is -3.34. The molecule has 5 nitrogen and oxygen atoms in total. The van der Waals surface area contributed by atoms with Gasteiger partial charge in [0.2, 0.25) is 0 Å². The molecule has 2 aromatic carbocycles. The molecule has 1 atom stereocenters. The topological polar surface area (TPSA) is 60.5 Å². The van der Waals surface area contributed by atoms with E-state index in [1.807, 2.05) is 55.5 Å². The number of hydrogen-bond donors (Lipinski definition) is 1. The molecular formula is C22H22N2O3. The van der Waals surface area contributed by atoms with Crippen molar-refractivity contribution in [2.45, 2.75) is 19.6 Å². The van der Waals surface area contributed by atoms with Gasteiger partial charge in [-0.05, 0) is 42.8 Å². The lowest BCUT2D eigenvalue weighted by molar-refractivity contribution is 0.0938. The number of benzene rings is 2. The van der Waals surface area contributed by atoms with Crippen molar-refractivity contribution in [3.8, 4) is 11.5 Å². The monoisotopic (exact) mass is 362 g/mol. The molecule has 0 saturated carbocycles. The quantitative estimate of drug-likeness (QED) is 0.686. The molecule has 0 saturated heterocycles. The van der Waals surface area contributed by atoms with Crippen molar-refractivity contribution in [3.63, 3.8) is 0 Å². The molecule has 1 aromatic heterocycles. The average Bonchev–Trinajstić information content (AvgIpc) is 2.73. The second kappa shape index (κ2) is 8.85. The highest BCUT2D eigenvalue weighted by Gasteiger charge is 2.15. The Labute approximate surface area is 159 Å². The molecule has 3 rings (SSSR count). The summed E-state index contributed by atoms with van der Waals surface area (Å²) in [6.45, 7) is 2.33. The van der Waals surface area contributed by atoms with Gasteiger partial charge in [-0.25, -0.2) is 0 Å². The molecule has 0 fully saturated rings. The maximum absolute atomic E-state index is 12.6. The molecule has 0 aliphatic heterocycles. The molecule has 0 bridgehead atoms. The smallest absolute Gasteiger partial charge is 0.251 e. The fourth-order valence-electron chi connectivity index (χ4n) is 2.65. The minimum Gasteiger partial charge on any atom is -0.493 e. The number of aromatic nitrogens is 1. The summed E-state index contributed by atoms with van der Waals surface area (Å²) in [4.78, 5) is 16.8. The second-order valence-corrected chi connectivity index (χ2v) is 6.09. The van der Waals surface area contributed by atoms with E-state index in [1.165, 1.54) is 0 Å². The third-order valence-corrected chi connectivity index (χ3v) is 4.14. The summed E-state index contributed by atoms with van der Waals surface area (Å²) in [7, 11) is 1.56. The lowest BCUT2D eigenvalue weighted by Crippen LogP contribution is -2.27. The molecule has 5 heteroatoms. The Balaban J connectivity index is 1.68. The SMILES string of the molecule is COc1cc(C(=O)NC(C)c2ccccn2)ccc1OCc1ccccc1. The number of carbonyl (C=O) groups is 1. The predicted molar refractivity (Wildman–Crippen MR) is 104 cm³/mol. The highest BCUT2D eigenvalue weighted by atomic mass is 16.5. The number of amides is 1. The van der Waals surface area contributed by atoms with Crippen LogP contribution in [0.3, 0.4) is 0 Å². The molecule has 1 unspecified atom stereocenters. The first-order valence-electron chi connectivity index (χ1n) is 8.74. The van der Waals surface area contributed by atoms with Gasteiger partial charge in [0.25, 0.3) is 5.91 Å². The highest BCUT2D eigenvalue weighted by Crippen LogP contribution is 2.29. The van der Waals surface area contributed by atoms with Crippen LogP contribution in [0.4, 0.5) is 0 Å². The van der Waals surface area contributed by atoms with Crippen LogP contribution in [0.1, 0.15) is 34.6 Å². The Morgan fingerprint density at radius 3 is 2.52 bits per heavy atom. The number of ether oxygens (including phenoxy) is 2. The van der Waals surface area contributed by atoms with Crippen molar-refractivity contribution in [1.82, 2.24) is 10.3 Å². The van der Waals surface area contributed by atoms with Gasteiger partial charge in [0.15, 0.2) is 11.5 Å². The molecule has 0 radical (unpaired) electrons. The number of methoxy groups -OCH3 is 1. The fraction of sp³-hybridized carbons (Fsp3) is 0.182. The van der Waals surface area contributed by atoms with E-state index in [0.717, 1.165) is 11.3 Å². The molecule has 0 aliphatic carbocycles. The molecule has 0 spiro atoms. The third kappa shape index (κ3) is 4.85. The van der Waals surface area contributed by atoms with Crippen molar-refractivity contribution in [2.24, 2.45) is 0 Å². The Bertz CT molecular complexity index is 883. The number of pyridine rings is 1. The van der Waals surface area contributed by atoms with Gasteiger partial charge >= 0.3 is 0 Å². The van der Waals surface area contributed by atoms with E-state index in [0.29, 0.717) is 23.7 Å². The summed E-state index contributed by atoms with van der Waals surface area (Å²) in [5, 5.41) is 2.94. The van der Waals surface area contributed by atoms with Gasteiger partial charge in [-0.1, -0.05) is 36.4 Å². The van der Waals surface area contributed by atoms with Gasteiger partial charge in [0.1, 0.15) is 6.61 Å². The number of carbonyl (C=O) groups excluding carboxylic acids is 1. The van der Waals surface area contributed by atoms with E-state index in [2.05, 4.69) is 10.3 Å². The Morgan fingerprint density at radius 1 is 1.04 bits per heavy atom. The molecule has 138 valence electrons. The fourth-order valence-corrected chi connectivity index (χ4v) is 2.65. The first kappa shape index (κ1) is 18.5. The number of nitrogens with zero attached hydrogens (tertiary/aromatic N) is 1. The lowest BCUT2D eigenvalue weighted by Gasteiger charge is -2.15. The van der Waals surface area contributed by atoms with E-state index in [4.69, 9.17) is 9.47 Å². The number of rotatable bonds is 7. The van der Waals surface area contributed by atoms with Gasteiger partial charge in [-0.15, -0.1) is 0 Å². The zero-order valence-electron chi connectivity index (χ0n) is 15.4. The van der Waals surface area contributed by atoms with Gasteiger partial charge in [-0.3, -0.25) is 9.78 Å². The van der Waals surface area contributed by atoms with Gasteiger partial charge in [-0.2, -0.15) is 0 Å². The van der Waals surface area contributed by atoms with Crippen LogP contribution < -0.4 is 14.8 Å². The van der Waals surface area contributed by atoms with E-state index in [9.17, 15) is 4.79 Å². The minimum absolute atomic E-state index is 0.193. The summed E-state index contributed by atoms with van der Waals surface area (Å²) < 4.78 is 11.2. The van der Waals surface area contributed by atoms with Crippen LogP contribution in [0.15, 0.2) is 72.9 Å². The standard InChI is InChI=1S/C22H22N2O3/c1-16(19-10-6-7-13-23-19)24-22(25)18-11-12-20(21(14-18)26-2)27-15-17-8-4-3-5-9-17/h3-14,16H,15H2,1-2H3,(H,24,25). The normalized spacial score (nSPS) is 11.5.